The van der Waals surface area contributed by atoms with Crippen molar-refractivity contribution in [1.29, 1.82) is 0 Å². The number of nitrogens with zero attached hydrogens (tertiary/aromatic N) is 1. The van der Waals surface area contributed by atoms with Crippen LogP contribution >= 0.6 is 0 Å². The smallest absolute Gasteiger partial charge is 0.405 e. The van der Waals surface area contributed by atoms with Gasteiger partial charge in [-0.05, 0) is 18.6 Å². The van der Waals surface area contributed by atoms with Gasteiger partial charge in [0.2, 0.25) is 5.82 Å². The number of benzene rings is 1. The van der Waals surface area contributed by atoms with Crippen molar-refractivity contribution in [3.05, 3.63) is 23.5 Å². The number of hydrogen-bond donors (Lipinski definition) is 1. The van der Waals surface area contributed by atoms with Gasteiger partial charge in [-0.15, -0.1) is 13.2 Å². The van der Waals surface area contributed by atoms with Crippen molar-refractivity contribution in [2.45, 2.75) is 19.5 Å². The minimum Gasteiger partial charge on any atom is -0.405 e. The Balaban J connectivity index is 2.50. The van der Waals surface area contributed by atoms with Gasteiger partial charge < -0.3 is 9.72 Å². The van der Waals surface area contributed by atoms with Gasteiger partial charge in [-0.25, -0.2) is 4.98 Å². The van der Waals surface area contributed by atoms with Gasteiger partial charge in [0.1, 0.15) is 5.75 Å². The van der Waals surface area contributed by atoms with Gasteiger partial charge in [0.25, 0.3) is 0 Å². The second kappa shape index (κ2) is 4.04. The molecule has 0 aliphatic heterocycles. The largest absolute Gasteiger partial charge is 0.573 e. The van der Waals surface area contributed by atoms with Gasteiger partial charge in [-0.1, -0.05) is 0 Å². The molecule has 1 heterocycles. The van der Waals surface area contributed by atoms with Crippen LogP contribution in [-0.4, -0.2) is 16.3 Å². The van der Waals surface area contributed by atoms with E-state index in [0.717, 1.165) is 12.1 Å². The maximum absolute atomic E-state index is 12.4. The molecule has 0 amide bonds. The molecule has 2 aromatic rings. The van der Waals surface area contributed by atoms with Crippen molar-refractivity contribution < 1.29 is 31.1 Å². The number of rotatable bonds is 1. The zero-order valence-corrected chi connectivity index (χ0v) is 9.28. The van der Waals surface area contributed by atoms with Crippen LogP contribution in [0.2, 0.25) is 0 Å². The highest BCUT2D eigenvalue weighted by Crippen LogP contribution is 2.32. The zero-order chi connectivity index (χ0) is 14.4. The quantitative estimate of drug-likeness (QED) is 0.809. The summed E-state index contributed by atoms with van der Waals surface area (Å²) in [4.78, 5) is 5.18. The van der Waals surface area contributed by atoms with E-state index in [0.29, 0.717) is 0 Å². The summed E-state index contributed by atoms with van der Waals surface area (Å²) >= 11 is 0. The van der Waals surface area contributed by atoms with Gasteiger partial charge in [0.15, 0.2) is 0 Å². The summed E-state index contributed by atoms with van der Waals surface area (Å²) in [6.07, 6.45) is -9.61. The number of nitrogens with one attached hydrogen (secondary N) is 1. The normalized spacial score (nSPS) is 13.0. The Morgan fingerprint density at radius 3 is 2.26 bits per heavy atom. The first-order chi connectivity index (χ1) is 8.56. The first-order valence-corrected chi connectivity index (χ1v) is 4.89. The summed E-state index contributed by atoms with van der Waals surface area (Å²) in [7, 11) is 0. The average Bonchev–Trinajstić information content (AvgIpc) is 2.58. The summed E-state index contributed by atoms with van der Waals surface area (Å²) in [6, 6.07) is 1.92. The Kier molecular flexibility index (Phi) is 2.87. The maximum atomic E-state index is 12.4. The van der Waals surface area contributed by atoms with Gasteiger partial charge in [0, 0.05) is 6.07 Å². The third-order valence-electron chi connectivity index (χ3n) is 2.27. The summed E-state index contributed by atoms with van der Waals surface area (Å²) in [5, 5.41) is 0. The van der Waals surface area contributed by atoms with Crippen LogP contribution in [0, 0.1) is 6.92 Å². The lowest BCUT2D eigenvalue weighted by Crippen LogP contribution is -2.17. The molecule has 0 spiro atoms. The molecule has 1 aromatic heterocycles. The number of imidazole rings is 1. The van der Waals surface area contributed by atoms with Crippen LogP contribution in [0.25, 0.3) is 11.0 Å². The van der Waals surface area contributed by atoms with E-state index in [1.54, 1.807) is 0 Å². The van der Waals surface area contributed by atoms with E-state index >= 15 is 0 Å². The molecular weight excluding hydrogens is 278 g/mol. The molecule has 1 N–H and O–H groups in total. The molecule has 0 fully saturated rings. The summed E-state index contributed by atoms with van der Waals surface area (Å²) in [5.41, 5.74) is -0.223. The van der Waals surface area contributed by atoms with Gasteiger partial charge in [-0.2, -0.15) is 13.2 Å². The highest BCUT2D eigenvalue weighted by molar-refractivity contribution is 5.78. The Hall–Kier alpha value is -1.93. The second-order valence-electron chi connectivity index (χ2n) is 3.77. The molecule has 0 atom stereocenters. The molecule has 104 valence electrons. The number of hydrogen-bond acceptors (Lipinski definition) is 2. The van der Waals surface area contributed by atoms with E-state index in [2.05, 4.69) is 9.72 Å². The van der Waals surface area contributed by atoms with E-state index in [-0.39, 0.29) is 16.6 Å². The SMILES string of the molecule is Cc1cc2[nH]c(C(F)(F)F)nc2cc1OC(F)(F)F. The Bertz CT molecular complexity index is 613. The van der Waals surface area contributed by atoms with Gasteiger partial charge in [0.05, 0.1) is 11.0 Å². The lowest BCUT2D eigenvalue weighted by atomic mass is 10.2. The summed E-state index contributed by atoms with van der Waals surface area (Å²) < 4.78 is 77.1. The van der Waals surface area contributed by atoms with Crippen LogP contribution in [0.5, 0.6) is 5.75 Å². The molecule has 0 aliphatic carbocycles. The lowest BCUT2D eigenvalue weighted by Gasteiger charge is -2.10. The number of alkyl halides is 6. The fourth-order valence-electron chi connectivity index (χ4n) is 1.51. The molecule has 3 nitrogen and oxygen atoms in total. The Morgan fingerprint density at radius 1 is 1.11 bits per heavy atom. The van der Waals surface area contributed by atoms with Gasteiger partial charge in [-0.3, -0.25) is 0 Å². The molecule has 1 aromatic carbocycles. The number of halogens is 6. The fraction of sp³-hybridized carbons (Fsp3) is 0.300. The van der Waals surface area contributed by atoms with Crippen molar-refractivity contribution >= 4 is 11.0 Å². The standard InChI is InChI=1S/C10H6F6N2O/c1-4-2-5-6(3-7(4)19-10(14,15)16)18-8(17-5)9(11,12)13/h2-3H,1H3,(H,17,18). The monoisotopic (exact) mass is 284 g/mol. The van der Waals surface area contributed by atoms with Crippen LogP contribution in [0.15, 0.2) is 12.1 Å². The molecule has 0 radical (unpaired) electrons. The molecule has 0 bridgehead atoms. The molecular formula is C10H6F6N2O. The topological polar surface area (TPSA) is 37.9 Å². The van der Waals surface area contributed by atoms with Crippen molar-refractivity contribution in [2.75, 3.05) is 0 Å². The minimum absolute atomic E-state index is 0.0145. The Labute approximate surface area is 102 Å². The van der Waals surface area contributed by atoms with Gasteiger partial charge >= 0.3 is 12.5 Å². The molecule has 19 heavy (non-hydrogen) atoms. The van der Waals surface area contributed by atoms with E-state index in [1.807, 2.05) is 4.98 Å². The van der Waals surface area contributed by atoms with Crippen molar-refractivity contribution in [1.82, 2.24) is 9.97 Å². The van der Waals surface area contributed by atoms with E-state index in [9.17, 15) is 26.3 Å². The zero-order valence-electron chi connectivity index (χ0n) is 9.28. The number of ether oxygens (including phenoxy) is 1. The third kappa shape index (κ3) is 2.91. The van der Waals surface area contributed by atoms with E-state index in [1.165, 1.54) is 6.92 Å². The lowest BCUT2D eigenvalue weighted by molar-refractivity contribution is -0.274. The molecule has 0 aliphatic rings. The molecule has 2 rings (SSSR count). The summed E-state index contributed by atoms with van der Waals surface area (Å²) in [6.45, 7) is 1.29. The first-order valence-electron chi connectivity index (χ1n) is 4.89. The number of H-pyrrole nitrogens is 1. The second-order valence-corrected chi connectivity index (χ2v) is 3.77. The van der Waals surface area contributed by atoms with Crippen LogP contribution < -0.4 is 4.74 Å². The van der Waals surface area contributed by atoms with Crippen molar-refractivity contribution in [2.24, 2.45) is 0 Å². The third-order valence-corrected chi connectivity index (χ3v) is 2.27. The first kappa shape index (κ1) is 13.5. The number of aryl methyl sites for hydroxylation is 1. The number of fused-ring (bicyclic) bond motifs is 1. The van der Waals surface area contributed by atoms with Crippen LogP contribution in [0.3, 0.4) is 0 Å². The van der Waals surface area contributed by atoms with E-state index < -0.39 is 24.1 Å². The van der Waals surface area contributed by atoms with Crippen molar-refractivity contribution in [3.63, 3.8) is 0 Å². The van der Waals surface area contributed by atoms with Crippen LogP contribution in [0.1, 0.15) is 11.4 Å². The minimum atomic E-state index is -4.92. The Morgan fingerprint density at radius 2 is 1.74 bits per heavy atom. The maximum Gasteiger partial charge on any atom is 0.573 e. The van der Waals surface area contributed by atoms with Crippen LogP contribution in [0.4, 0.5) is 26.3 Å². The van der Waals surface area contributed by atoms with Crippen LogP contribution in [-0.2, 0) is 6.18 Å². The highest BCUT2D eigenvalue weighted by Gasteiger charge is 2.35. The summed E-state index contributed by atoms with van der Waals surface area (Å²) in [5.74, 6) is -1.86. The number of aromatic nitrogens is 2. The molecule has 0 saturated carbocycles. The average molecular weight is 284 g/mol. The molecule has 0 saturated heterocycles. The van der Waals surface area contributed by atoms with Crippen molar-refractivity contribution in [3.8, 4) is 5.75 Å². The molecule has 0 unspecified atom stereocenters. The fourth-order valence-corrected chi connectivity index (χ4v) is 1.51. The molecule has 9 heteroatoms. The number of aromatic amines is 1. The predicted molar refractivity (Wildman–Crippen MR) is 52.5 cm³/mol. The predicted octanol–water partition coefficient (Wildman–Crippen LogP) is 3.79. The van der Waals surface area contributed by atoms with E-state index in [4.69, 9.17) is 0 Å². The highest BCUT2D eigenvalue weighted by atomic mass is 19.4.